The van der Waals surface area contributed by atoms with Crippen LogP contribution in [0.1, 0.15) is 23.8 Å². The molecule has 0 N–H and O–H groups in total. The van der Waals surface area contributed by atoms with E-state index in [1.165, 1.54) is 17.6 Å². The molecule has 1 atom stereocenters. The third-order valence-electron chi connectivity index (χ3n) is 2.98. The van der Waals surface area contributed by atoms with E-state index in [2.05, 4.69) is 22.4 Å². The summed E-state index contributed by atoms with van der Waals surface area (Å²) in [5.74, 6) is 0.273. The molecule has 2 heterocycles. The molecular formula is C11H17NO2S2. The smallest absolute Gasteiger partial charge is 0.148 e. The number of rotatable bonds is 4. The van der Waals surface area contributed by atoms with Gasteiger partial charge < -0.3 is 0 Å². The summed E-state index contributed by atoms with van der Waals surface area (Å²) in [6, 6.07) is 4.66. The van der Waals surface area contributed by atoms with E-state index in [1.54, 1.807) is 11.3 Å². The summed E-state index contributed by atoms with van der Waals surface area (Å²) in [5.41, 5.74) is 0. The standard InChI is InChI=1S/C11H17NO2S2/c1-16(13,14)9-7-12-6-2-4-10(12)11-5-3-8-15-11/h3,5,8,10H,2,4,6-7,9H2,1H3. The molecule has 0 amide bonds. The Balaban J connectivity index is 1.99. The lowest BCUT2D eigenvalue weighted by Gasteiger charge is -2.22. The van der Waals surface area contributed by atoms with E-state index in [0.29, 0.717) is 12.6 Å². The summed E-state index contributed by atoms with van der Waals surface area (Å²) < 4.78 is 22.3. The van der Waals surface area contributed by atoms with Gasteiger partial charge in [-0.2, -0.15) is 0 Å². The average molecular weight is 259 g/mol. The van der Waals surface area contributed by atoms with Crippen molar-refractivity contribution in [3.63, 3.8) is 0 Å². The van der Waals surface area contributed by atoms with Crippen molar-refractivity contribution in [3.05, 3.63) is 22.4 Å². The van der Waals surface area contributed by atoms with E-state index in [4.69, 9.17) is 0 Å². The predicted molar refractivity (Wildman–Crippen MR) is 67.6 cm³/mol. The Morgan fingerprint density at radius 3 is 3.00 bits per heavy atom. The van der Waals surface area contributed by atoms with Gasteiger partial charge in [-0.25, -0.2) is 8.42 Å². The zero-order valence-corrected chi connectivity index (χ0v) is 11.1. The first kappa shape index (κ1) is 12.1. The molecule has 3 nitrogen and oxygen atoms in total. The summed E-state index contributed by atoms with van der Waals surface area (Å²) in [5, 5.41) is 2.09. The van der Waals surface area contributed by atoms with E-state index in [-0.39, 0.29) is 5.75 Å². The highest BCUT2D eigenvalue weighted by molar-refractivity contribution is 7.90. The van der Waals surface area contributed by atoms with Crippen LogP contribution in [0.25, 0.3) is 0 Å². The van der Waals surface area contributed by atoms with Crippen LogP contribution in [-0.4, -0.2) is 38.4 Å². The van der Waals surface area contributed by atoms with Gasteiger partial charge in [-0.05, 0) is 30.8 Å². The first-order valence-corrected chi connectivity index (χ1v) is 8.45. The quantitative estimate of drug-likeness (QED) is 0.829. The molecule has 1 aliphatic heterocycles. The number of hydrogen-bond donors (Lipinski definition) is 0. The average Bonchev–Trinajstić information content (AvgIpc) is 2.84. The van der Waals surface area contributed by atoms with Crippen LogP contribution < -0.4 is 0 Å². The molecule has 90 valence electrons. The zero-order chi connectivity index (χ0) is 11.6. The molecule has 1 unspecified atom stereocenters. The van der Waals surface area contributed by atoms with Crippen LogP contribution in [0.15, 0.2) is 17.5 Å². The first-order valence-electron chi connectivity index (χ1n) is 5.51. The van der Waals surface area contributed by atoms with Crippen LogP contribution in [0, 0.1) is 0 Å². The molecule has 5 heteroatoms. The lowest BCUT2D eigenvalue weighted by Crippen LogP contribution is -2.28. The topological polar surface area (TPSA) is 37.4 Å². The van der Waals surface area contributed by atoms with E-state index in [9.17, 15) is 8.42 Å². The maximum absolute atomic E-state index is 11.2. The van der Waals surface area contributed by atoms with Gasteiger partial charge in [-0.3, -0.25) is 4.90 Å². The van der Waals surface area contributed by atoms with Gasteiger partial charge in [0, 0.05) is 23.7 Å². The normalized spacial score (nSPS) is 22.7. The lowest BCUT2D eigenvalue weighted by atomic mass is 10.2. The first-order chi connectivity index (χ1) is 7.56. The Bertz CT molecular complexity index is 425. The SMILES string of the molecule is CS(=O)(=O)CCN1CCCC1c1cccs1. The number of thiophene rings is 1. The van der Waals surface area contributed by atoms with E-state index in [1.807, 2.05) is 0 Å². The second-order valence-corrected chi connectivity index (χ2v) is 7.58. The van der Waals surface area contributed by atoms with Gasteiger partial charge in [0.05, 0.1) is 5.75 Å². The van der Waals surface area contributed by atoms with Gasteiger partial charge in [0.1, 0.15) is 9.84 Å². The third-order valence-corrected chi connectivity index (χ3v) is 4.88. The fourth-order valence-corrected chi connectivity index (χ4v) is 3.64. The minimum absolute atomic E-state index is 0.273. The highest BCUT2D eigenvalue weighted by Gasteiger charge is 2.26. The van der Waals surface area contributed by atoms with E-state index >= 15 is 0 Å². The molecule has 0 saturated carbocycles. The van der Waals surface area contributed by atoms with Crippen LogP contribution in [0.5, 0.6) is 0 Å². The zero-order valence-electron chi connectivity index (χ0n) is 9.43. The minimum atomic E-state index is -2.84. The monoisotopic (exact) mass is 259 g/mol. The van der Waals surface area contributed by atoms with Crippen molar-refractivity contribution in [1.29, 1.82) is 0 Å². The van der Waals surface area contributed by atoms with Crippen molar-refractivity contribution >= 4 is 21.2 Å². The Labute approximate surface area is 101 Å². The van der Waals surface area contributed by atoms with Crippen molar-refractivity contribution in [1.82, 2.24) is 4.90 Å². The molecule has 0 spiro atoms. The molecular weight excluding hydrogens is 242 g/mol. The molecule has 0 bridgehead atoms. The van der Waals surface area contributed by atoms with Gasteiger partial charge in [-0.15, -0.1) is 11.3 Å². The Hall–Kier alpha value is -0.390. The molecule has 0 aromatic carbocycles. The highest BCUT2D eigenvalue weighted by atomic mass is 32.2. The Kier molecular flexibility index (Phi) is 3.66. The number of nitrogens with zero attached hydrogens (tertiary/aromatic N) is 1. The molecule has 1 aliphatic rings. The highest BCUT2D eigenvalue weighted by Crippen LogP contribution is 2.33. The fourth-order valence-electron chi connectivity index (χ4n) is 2.18. The van der Waals surface area contributed by atoms with Gasteiger partial charge in [0.25, 0.3) is 0 Å². The molecule has 1 saturated heterocycles. The van der Waals surface area contributed by atoms with Crippen molar-refractivity contribution in [2.75, 3.05) is 25.1 Å². The third kappa shape index (κ3) is 3.06. The molecule has 1 fully saturated rings. The molecule has 1 aromatic rings. The van der Waals surface area contributed by atoms with Crippen LogP contribution in [0.2, 0.25) is 0 Å². The summed E-state index contributed by atoms with van der Waals surface area (Å²) >= 11 is 1.77. The Morgan fingerprint density at radius 1 is 1.56 bits per heavy atom. The maximum atomic E-state index is 11.2. The van der Waals surface area contributed by atoms with Crippen molar-refractivity contribution in [3.8, 4) is 0 Å². The summed E-state index contributed by atoms with van der Waals surface area (Å²) in [4.78, 5) is 3.67. The number of hydrogen-bond acceptors (Lipinski definition) is 4. The van der Waals surface area contributed by atoms with Gasteiger partial charge >= 0.3 is 0 Å². The molecule has 16 heavy (non-hydrogen) atoms. The predicted octanol–water partition coefficient (Wildman–Crippen LogP) is 1.93. The molecule has 0 aliphatic carbocycles. The Morgan fingerprint density at radius 2 is 2.38 bits per heavy atom. The van der Waals surface area contributed by atoms with Crippen molar-refractivity contribution in [2.45, 2.75) is 18.9 Å². The van der Waals surface area contributed by atoms with E-state index in [0.717, 1.165) is 13.0 Å². The summed E-state index contributed by atoms with van der Waals surface area (Å²) in [6.07, 6.45) is 3.64. The second-order valence-electron chi connectivity index (χ2n) is 4.34. The van der Waals surface area contributed by atoms with Gasteiger partial charge in [0.2, 0.25) is 0 Å². The van der Waals surface area contributed by atoms with Crippen LogP contribution in [-0.2, 0) is 9.84 Å². The molecule has 0 radical (unpaired) electrons. The number of likely N-dealkylation sites (tertiary alicyclic amines) is 1. The second kappa shape index (κ2) is 4.85. The number of sulfone groups is 1. The fraction of sp³-hybridized carbons (Fsp3) is 0.636. The van der Waals surface area contributed by atoms with Crippen LogP contribution in [0.4, 0.5) is 0 Å². The maximum Gasteiger partial charge on any atom is 0.148 e. The summed E-state index contributed by atoms with van der Waals surface area (Å²) in [7, 11) is -2.84. The van der Waals surface area contributed by atoms with Gasteiger partial charge in [0.15, 0.2) is 0 Å². The minimum Gasteiger partial charge on any atom is -0.295 e. The van der Waals surface area contributed by atoms with Crippen molar-refractivity contribution < 1.29 is 8.42 Å². The molecule has 1 aromatic heterocycles. The van der Waals surface area contributed by atoms with Crippen molar-refractivity contribution in [2.24, 2.45) is 0 Å². The largest absolute Gasteiger partial charge is 0.295 e. The van der Waals surface area contributed by atoms with E-state index < -0.39 is 9.84 Å². The van der Waals surface area contributed by atoms with Crippen LogP contribution in [0.3, 0.4) is 0 Å². The lowest BCUT2D eigenvalue weighted by molar-refractivity contribution is 0.276. The van der Waals surface area contributed by atoms with Gasteiger partial charge in [-0.1, -0.05) is 6.07 Å². The summed E-state index contributed by atoms with van der Waals surface area (Å²) in [6.45, 7) is 1.69. The molecule has 2 rings (SSSR count). The van der Waals surface area contributed by atoms with Crippen LogP contribution >= 0.6 is 11.3 Å².